The molecule has 4 N–H and O–H groups in total. The van der Waals surface area contributed by atoms with Crippen LogP contribution in [0.5, 0.6) is 5.75 Å². The van der Waals surface area contributed by atoms with E-state index in [1.54, 1.807) is 18.3 Å². The van der Waals surface area contributed by atoms with Gasteiger partial charge in [-0.15, -0.1) is 0 Å². The first kappa shape index (κ1) is 23.1. The van der Waals surface area contributed by atoms with E-state index in [-0.39, 0.29) is 16.4 Å². The molecule has 2 aromatic carbocycles. The number of rotatable bonds is 8. The molecule has 0 aliphatic carbocycles. The molecule has 0 aliphatic rings. The molecule has 0 saturated heterocycles. The van der Waals surface area contributed by atoms with Gasteiger partial charge in [-0.25, -0.2) is 0 Å². The normalized spacial score (nSPS) is 10.0. The van der Waals surface area contributed by atoms with Gasteiger partial charge in [0.25, 0.3) is 5.91 Å². The molecule has 0 aromatic heterocycles. The zero-order valence-corrected chi connectivity index (χ0v) is 17.4. The quantitative estimate of drug-likeness (QED) is 0.281. The monoisotopic (exact) mass is 435 g/mol. The molecule has 0 atom stereocenters. The number of phenolic OH excluding ortho intramolecular Hbond substituents is 1. The predicted octanol–water partition coefficient (Wildman–Crippen LogP) is 2.17. The minimum atomic E-state index is -0.542. The Hall–Kier alpha value is -4.15. The van der Waals surface area contributed by atoms with Crippen molar-refractivity contribution in [2.24, 2.45) is 5.10 Å². The number of amides is 1. The first-order chi connectivity index (χ1) is 15.0. The smallest absolute Gasteiger partial charge is 0.273 e. The summed E-state index contributed by atoms with van der Waals surface area (Å²) in [6.45, 7) is 1.11. The summed E-state index contributed by atoms with van der Waals surface area (Å²) in [7, 11) is 0. The van der Waals surface area contributed by atoms with Gasteiger partial charge in [-0.1, -0.05) is 24.3 Å². The van der Waals surface area contributed by atoms with Gasteiger partial charge in [0.1, 0.15) is 5.75 Å². The Balaban J connectivity index is 1.84. The van der Waals surface area contributed by atoms with Crippen molar-refractivity contribution in [2.75, 3.05) is 18.0 Å². The van der Waals surface area contributed by atoms with Crippen LogP contribution in [0.4, 0.5) is 5.69 Å². The molecule has 0 bridgehead atoms. The highest BCUT2D eigenvalue weighted by Gasteiger charge is 2.09. The van der Waals surface area contributed by atoms with Crippen molar-refractivity contribution in [3.05, 3.63) is 59.7 Å². The minimum absolute atomic E-state index is 0.0656. The summed E-state index contributed by atoms with van der Waals surface area (Å²) >= 11 is 5.03. The van der Waals surface area contributed by atoms with Gasteiger partial charge in [-0.2, -0.15) is 15.6 Å². The predicted molar refractivity (Wildman–Crippen MR) is 121 cm³/mol. The van der Waals surface area contributed by atoms with Gasteiger partial charge >= 0.3 is 0 Å². The third-order valence-electron chi connectivity index (χ3n) is 4.06. The number of aromatic hydroxyl groups is 1. The lowest BCUT2D eigenvalue weighted by atomic mass is 10.2. The number of nitrogens with zero attached hydrogens (tertiary/aromatic N) is 4. The van der Waals surface area contributed by atoms with Crippen LogP contribution in [0, 0.1) is 22.7 Å². The maximum atomic E-state index is 12.0. The van der Waals surface area contributed by atoms with Gasteiger partial charge in [0, 0.05) is 18.8 Å². The molecule has 31 heavy (non-hydrogen) atoms. The minimum Gasteiger partial charge on any atom is -0.507 e. The second-order valence-corrected chi connectivity index (χ2v) is 6.60. The molecule has 10 heteroatoms. The molecule has 0 heterocycles. The van der Waals surface area contributed by atoms with Crippen LogP contribution in [0.3, 0.4) is 0 Å². The van der Waals surface area contributed by atoms with E-state index in [0.29, 0.717) is 25.9 Å². The Morgan fingerprint density at radius 1 is 1.06 bits per heavy atom. The van der Waals surface area contributed by atoms with E-state index in [1.807, 2.05) is 29.2 Å². The van der Waals surface area contributed by atoms with Crippen molar-refractivity contribution in [1.82, 2.24) is 16.3 Å². The topological polar surface area (TPSA) is 137 Å². The number of anilines is 1. The van der Waals surface area contributed by atoms with E-state index >= 15 is 0 Å². The molecule has 0 fully saturated rings. The van der Waals surface area contributed by atoms with E-state index in [2.05, 4.69) is 33.5 Å². The molecule has 0 aliphatic heterocycles. The third-order valence-corrected chi connectivity index (χ3v) is 4.26. The number of hydrazone groups is 1. The van der Waals surface area contributed by atoms with Crippen molar-refractivity contribution in [2.45, 2.75) is 12.8 Å². The second-order valence-electron chi connectivity index (χ2n) is 6.19. The Kier molecular flexibility index (Phi) is 9.27. The zero-order valence-electron chi connectivity index (χ0n) is 16.6. The van der Waals surface area contributed by atoms with Crippen molar-refractivity contribution >= 4 is 35.1 Å². The molecule has 2 aromatic rings. The molecule has 0 saturated carbocycles. The molecular formula is C21H21N7O2S. The van der Waals surface area contributed by atoms with E-state index < -0.39 is 5.91 Å². The maximum absolute atomic E-state index is 12.0. The highest BCUT2D eigenvalue weighted by Crippen LogP contribution is 2.16. The maximum Gasteiger partial charge on any atom is 0.273 e. The number of nitrogens with one attached hydrogen (secondary N) is 3. The van der Waals surface area contributed by atoms with Crippen LogP contribution in [0.15, 0.2) is 53.6 Å². The van der Waals surface area contributed by atoms with E-state index in [1.165, 1.54) is 12.1 Å². The number of nitriles is 2. The van der Waals surface area contributed by atoms with Crippen LogP contribution in [0.2, 0.25) is 0 Å². The van der Waals surface area contributed by atoms with E-state index in [9.17, 15) is 9.90 Å². The summed E-state index contributed by atoms with van der Waals surface area (Å²) in [5.74, 6) is -0.680. The second kappa shape index (κ2) is 12.4. The standard InChI is InChI=1S/C21H21N7O2S/c22-11-3-13-28(14-4-12-23)17-9-7-16(8-10-17)15-24-26-21(31)27-25-20(30)18-5-1-2-6-19(18)29/h1-2,5-10,15,29H,3-4,13-14H2,(H,25,30)(H2,26,27,31)/b24-15+. The van der Waals surface area contributed by atoms with Crippen molar-refractivity contribution in [1.29, 1.82) is 10.5 Å². The number of para-hydroxylation sites is 1. The van der Waals surface area contributed by atoms with Crippen LogP contribution in [0.1, 0.15) is 28.8 Å². The molecule has 158 valence electrons. The summed E-state index contributed by atoms with van der Waals surface area (Å²) < 4.78 is 0. The van der Waals surface area contributed by atoms with Gasteiger partial charge in [0.15, 0.2) is 0 Å². The number of carbonyl (C=O) groups is 1. The number of hydrazine groups is 1. The summed E-state index contributed by atoms with van der Waals surface area (Å²) in [4.78, 5) is 14.0. The van der Waals surface area contributed by atoms with Crippen LogP contribution in [-0.4, -0.2) is 35.4 Å². The highest BCUT2D eigenvalue weighted by atomic mass is 32.1. The van der Waals surface area contributed by atoms with Gasteiger partial charge in [0.2, 0.25) is 5.11 Å². The molecule has 9 nitrogen and oxygen atoms in total. The fourth-order valence-corrected chi connectivity index (χ4v) is 2.65. The fraction of sp³-hybridized carbons (Fsp3) is 0.190. The SMILES string of the molecule is N#CCCN(CCC#N)c1ccc(/C=N/NC(=S)NNC(=O)c2ccccc2O)cc1. The van der Waals surface area contributed by atoms with Gasteiger partial charge in [-0.05, 0) is 42.0 Å². The molecule has 0 radical (unpaired) electrons. The Morgan fingerprint density at radius 3 is 2.32 bits per heavy atom. The third kappa shape index (κ3) is 7.65. The molecule has 2 rings (SSSR count). The number of hydrogen-bond acceptors (Lipinski definition) is 7. The van der Waals surface area contributed by atoms with Crippen molar-refractivity contribution in [3.63, 3.8) is 0 Å². The van der Waals surface area contributed by atoms with Gasteiger partial charge in [0.05, 0.1) is 36.8 Å². The molecule has 0 spiro atoms. The van der Waals surface area contributed by atoms with E-state index in [0.717, 1.165) is 11.3 Å². The Bertz CT molecular complexity index is 992. The summed E-state index contributed by atoms with van der Waals surface area (Å²) in [6, 6.07) is 17.8. The summed E-state index contributed by atoms with van der Waals surface area (Å²) in [6.07, 6.45) is 2.31. The van der Waals surface area contributed by atoms with Crippen LogP contribution in [-0.2, 0) is 0 Å². The Labute approximate surface area is 185 Å². The lowest BCUT2D eigenvalue weighted by Crippen LogP contribution is -2.45. The van der Waals surface area contributed by atoms with E-state index in [4.69, 9.17) is 22.7 Å². The lowest BCUT2D eigenvalue weighted by Gasteiger charge is -2.22. The lowest BCUT2D eigenvalue weighted by molar-refractivity contribution is 0.0941. The summed E-state index contributed by atoms with van der Waals surface area (Å²) in [5, 5.41) is 31.3. The largest absolute Gasteiger partial charge is 0.507 e. The Morgan fingerprint density at radius 2 is 1.71 bits per heavy atom. The van der Waals surface area contributed by atoms with Crippen LogP contribution < -0.4 is 21.2 Å². The average Bonchev–Trinajstić information content (AvgIpc) is 2.78. The summed E-state index contributed by atoms with van der Waals surface area (Å²) in [5.41, 5.74) is 9.26. The average molecular weight is 436 g/mol. The van der Waals surface area contributed by atoms with Gasteiger partial charge < -0.3 is 10.0 Å². The number of phenols is 1. The number of hydrogen-bond donors (Lipinski definition) is 4. The first-order valence-corrected chi connectivity index (χ1v) is 9.72. The van der Waals surface area contributed by atoms with Crippen molar-refractivity contribution in [3.8, 4) is 17.9 Å². The molecule has 0 unspecified atom stereocenters. The molecule has 1 amide bonds. The zero-order chi connectivity index (χ0) is 22.5. The van der Waals surface area contributed by atoms with Crippen molar-refractivity contribution < 1.29 is 9.90 Å². The number of benzene rings is 2. The highest BCUT2D eigenvalue weighted by molar-refractivity contribution is 7.80. The fourth-order valence-electron chi connectivity index (χ4n) is 2.55. The van der Waals surface area contributed by atoms with Gasteiger partial charge in [-0.3, -0.25) is 21.1 Å². The van der Waals surface area contributed by atoms with Crippen LogP contribution in [0.25, 0.3) is 0 Å². The molecular weight excluding hydrogens is 414 g/mol. The first-order valence-electron chi connectivity index (χ1n) is 9.31. The number of thiocarbonyl (C=S) groups is 1. The van der Waals surface area contributed by atoms with Crippen LogP contribution >= 0.6 is 12.2 Å². The number of carbonyl (C=O) groups excluding carboxylic acids is 1.